The number of fused-ring (bicyclic) bond motifs is 1. The first-order valence-electron chi connectivity index (χ1n) is 7.14. The van der Waals surface area contributed by atoms with Crippen LogP contribution in [0.15, 0.2) is 34.1 Å². The van der Waals surface area contributed by atoms with Crippen molar-refractivity contribution in [3.05, 3.63) is 44.6 Å². The molecule has 21 heavy (non-hydrogen) atoms. The molecule has 0 atom stereocenters. The molecule has 2 aromatic rings. The first kappa shape index (κ1) is 14.9. The minimum atomic E-state index is 0.712. The van der Waals surface area contributed by atoms with Crippen LogP contribution in [0.4, 0.5) is 0 Å². The molecule has 1 aromatic carbocycles. The zero-order valence-corrected chi connectivity index (χ0v) is 14.1. The quantitative estimate of drug-likeness (QED) is 0.810. The summed E-state index contributed by atoms with van der Waals surface area (Å²) in [7, 11) is 0. The molecule has 0 amide bonds. The van der Waals surface area contributed by atoms with Gasteiger partial charge < -0.3 is 14.8 Å². The minimum absolute atomic E-state index is 0.712. The third-order valence-corrected chi connectivity index (χ3v) is 4.84. The van der Waals surface area contributed by atoms with Crippen molar-refractivity contribution in [2.24, 2.45) is 0 Å². The molecule has 1 aromatic heterocycles. The highest BCUT2D eigenvalue weighted by atomic mass is 79.9. The Kier molecular flexibility index (Phi) is 5.17. The van der Waals surface area contributed by atoms with Gasteiger partial charge in [-0.3, -0.25) is 0 Å². The molecule has 0 fully saturated rings. The summed E-state index contributed by atoms with van der Waals surface area (Å²) in [6, 6.07) is 8.45. The van der Waals surface area contributed by atoms with Gasteiger partial charge in [-0.1, -0.05) is 6.07 Å². The molecule has 1 N–H and O–H groups in total. The van der Waals surface area contributed by atoms with E-state index in [0.717, 1.165) is 41.9 Å². The number of rotatable bonds is 5. The van der Waals surface area contributed by atoms with Gasteiger partial charge in [-0.15, -0.1) is 11.3 Å². The van der Waals surface area contributed by atoms with Crippen LogP contribution in [-0.4, -0.2) is 19.8 Å². The topological polar surface area (TPSA) is 30.5 Å². The SMILES string of the molecule is Brc1cc(CNCCc2cccs2)cc2c1OCCCO2. The van der Waals surface area contributed by atoms with E-state index in [2.05, 4.69) is 50.9 Å². The van der Waals surface area contributed by atoms with E-state index in [1.165, 1.54) is 10.4 Å². The Bertz CT molecular complexity index is 586. The van der Waals surface area contributed by atoms with E-state index in [4.69, 9.17) is 9.47 Å². The Hall–Kier alpha value is -1.04. The van der Waals surface area contributed by atoms with E-state index in [-0.39, 0.29) is 0 Å². The predicted octanol–water partition coefficient (Wildman–Crippen LogP) is 4.00. The van der Waals surface area contributed by atoms with Gasteiger partial charge in [0, 0.05) is 24.4 Å². The molecule has 0 aliphatic carbocycles. The number of ether oxygens (including phenoxy) is 2. The highest BCUT2D eigenvalue weighted by Gasteiger charge is 2.15. The summed E-state index contributed by atoms with van der Waals surface area (Å²) < 4.78 is 12.4. The summed E-state index contributed by atoms with van der Waals surface area (Å²) in [6.07, 6.45) is 2.00. The summed E-state index contributed by atoms with van der Waals surface area (Å²) in [5, 5.41) is 5.60. The van der Waals surface area contributed by atoms with Crippen LogP contribution < -0.4 is 14.8 Å². The maximum atomic E-state index is 5.75. The fraction of sp³-hybridized carbons (Fsp3) is 0.375. The first-order valence-corrected chi connectivity index (χ1v) is 8.81. The van der Waals surface area contributed by atoms with E-state index in [1.54, 1.807) is 0 Å². The third-order valence-electron chi connectivity index (χ3n) is 3.32. The van der Waals surface area contributed by atoms with Gasteiger partial charge in [0.1, 0.15) is 0 Å². The van der Waals surface area contributed by atoms with Crippen LogP contribution in [0.25, 0.3) is 0 Å². The fourth-order valence-electron chi connectivity index (χ4n) is 2.29. The number of benzene rings is 1. The standard InChI is InChI=1S/C16H18BrNO2S/c17-14-9-12(10-15-16(14)20-7-2-6-19-15)11-18-5-4-13-3-1-8-21-13/h1,3,8-10,18H,2,4-7,11H2. The summed E-state index contributed by atoms with van der Waals surface area (Å²) in [4.78, 5) is 1.42. The first-order chi connectivity index (χ1) is 10.3. The van der Waals surface area contributed by atoms with E-state index in [0.29, 0.717) is 13.2 Å². The lowest BCUT2D eigenvalue weighted by atomic mass is 10.2. The molecule has 0 spiro atoms. The van der Waals surface area contributed by atoms with E-state index in [9.17, 15) is 0 Å². The molecule has 0 saturated carbocycles. The Labute approximate surface area is 137 Å². The zero-order valence-electron chi connectivity index (χ0n) is 11.7. The minimum Gasteiger partial charge on any atom is -0.490 e. The van der Waals surface area contributed by atoms with Gasteiger partial charge in [-0.2, -0.15) is 0 Å². The molecule has 0 bridgehead atoms. The van der Waals surface area contributed by atoms with Crippen LogP contribution in [0.1, 0.15) is 16.9 Å². The maximum Gasteiger partial charge on any atom is 0.175 e. The molecular formula is C16H18BrNO2S. The van der Waals surface area contributed by atoms with E-state index >= 15 is 0 Å². The van der Waals surface area contributed by atoms with E-state index < -0.39 is 0 Å². The van der Waals surface area contributed by atoms with Crippen LogP contribution in [-0.2, 0) is 13.0 Å². The van der Waals surface area contributed by atoms with Crippen LogP contribution >= 0.6 is 27.3 Å². The normalized spacial score (nSPS) is 14.0. The summed E-state index contributed by atoms with van der Waals surface area (Å²) in [6.45, 7) is 3.24. The number of hydrogen-bond donors (Lipinski definition) is 1. The Balaban J connectivity index is 1.58. The Morgan fingerprint density at radius 1 is 1.24 bits per heavy atom. The number of nitrogens with one attached hydrogen (secondary N) is 1. The molecule has 1 aliphatic rings. The van der Waals surface area contributed by atoms with Gasteiger partial charge in [-0.05, 0) is 51.5 Å². The van der Waals surface area contributed by atoms with Crippen LogP contribution in [0.5, 0.6) is 11.5 Å². The zero-order chi connectivity index (χ0) is 14.5. The summed E-state index contributed by atoms with van der Waals surface area (Å²) in [5.74, 6) is 1.67. The van der Waals surface area contributed by atoms with Crippen LogP contribution in [0.2, 0.25) is 0 Å². The second-order valence-corrected chi connectivity index (χ2v) is 6.85. The van der Waals surface area contributed by atoms with Crippen molar-refractivity contribution >= 4 is 27.3 Å². The van der Waals surface area contributed by atoms with Crippen molar-refractivity contribution in [3.8, 4) is 11.5 Å². The van der Waals surface area contributed by atoms with Crippen molar-refractivity contribution < 1.29 is 9.47 Å². The lowest BCUT2D eigenvalue weighted by Gasteiger charge is -2.12. The lowest BCUT2D eigenvalue weighted by molar-refractivity contribution is 0.296. The second kappa shape index (κ2) is 7.29. The molecular weight excluding hydrogens is 350 g/mol. The highest BCUT2D eigenvalue weighted by Crippen LogP contribution is 2.38. The summed E-state index contributed by atoms with van der Waals surface area (Å²) >= 11 is 5.39. The summed E-state index contributed by atoms with van der Waals surface area (Å²) in [5.41, 5.74) is 1.21. The molecule has 3 rings (SSSR count). The third kappa shape index (κ3) is 3.99. The lowest BCUT2D eigenvalue weighted by Crippen LogP contribution is -2.16. The Morgan fingerprint density at radius 2 is 2.14 bits per heavy atom. The molecule has 1 aliphatic heterocycles. The van der Waals surface area contributed by atoms with Crippen LogP contribution in [0.3, 0.4) is 0 Å². The molecule has 112 valence electrons. The molecule has 3 nitrogen and oxygen atoms in total. The van der Waals surface area contributed by atoms with E-state index in [1.807, 2.05) is 11.3 Å². The van der Waals surface area contributed by atoms with Gasteiger partial charge in [-0.25, -0.2) is 0 Å². The van der Waals surface area contributed by atoms with Gasteiger partial charge in [0.15, 0.2) is 11.5 Å². The predicted molar refractivity (Wildman–Crippen MR) is 89.5 cm³/mol. The van der Waals surface area contributed by atoms with Crippen LogP contribution in [0, 0.1) is 0 Å². The molecule has 0 saturated heterocycles. The van der Waals surface area contributed by atoms with Crippen molar-refractivity contribution in [1.29, 1.82) is 0 Å². The molecule has 5 heteroatoms. The Morgan fingerprint density at radius 3 is 3.00 bits per heavy atom. The molecule has 0 unspecified atom stereocenters. The smallest absolute Gasteiger partial charge is 0.175 e. The van der Waals surface area contributed by atoms with Crippen molar-refractivity contribution in [2.45, 2.75) is 19.4 Å². The van der Waals surface area contributed by atoms with Gasteiger partial charge in [0.2, 0.25) is 0 Å². The van der Waals surface area contributed by atoms with Gasteiger partial charge in [0.05, 0.1) is 17.7 Å². The van der Waals surface area contributed by atoms with Crippen molar-refractivity contribution in [3.63, 3.8) is 0 Å². The molecule has 0 radical (unpaired) electrons. The molecule has 2 heterocycles. The second-order valence-electron chi connectivity index (χ2n) is 4.96. The number of halogens is 1. The number of thiophene rings is 1. The van der Waals surface area contributed by atoms with Crippen molar-refractivity contribution in [1.82, 2.24) is 5.32 Å². The fourth-order valence-corrected chi connectivity index (χ4v) is 3.60. The monoisotopic (exact) mass is 367 g/mol. The average Bonchev–Trinajstić information content (AvgIpc) is 2.87. The van der Waals surface area contributed by atoms with Crippen molar-refractivity contribution in [2.75, 3.05) is 19.8 Å². The van der Waals surface area contributed by atoms with Gasteiger partial charge in [0.25, 0.3) is 0 Å². The maximum absolute atomic E-state index is 5.75. The highest BCUT2D eigenvalue weighted by molar-refractivity contribution is 9.10. The number of hydrogen-bond acceptors (Lipinski definition) is 4. The largest absolute Gasteiger partial charge is 0.490 e. The van der Waals surface area contributed by atoms with Gasteiger partial charge >= 0.3 is 0 Å². The average molecular weight is 368 g/mol.